The molecule has 2 rings (SSSR count). The molecule has 0 aliphatic heterocycles. The van der Waals surface area contributed by atoms with Crippen molar-refractivity contribution in [1.29, 1.82) is 0 Å². The molecule has 0 unspecified atom stereocenters. The predicted molar refractivity (Wildman–Crippen MR) is 78.0 cm³/mol. The molecule has 0 aliphatic carbocycles. The smallest absolute Gasteiger partial charge is 0.223 e. The number of rotatable bonds is 4. The topological polar surface area (TPSA) is 75.9 Å². The van der Waals surface area contributed by atoms with Crippen LogP contribution in [-0.2, 0) is 0 Å². The van der Waals surface area contributed by atoms with Crippen LogP contribution >= 0.6 is 15.9 Å². The monoisotopic (exact) mass is 307 g/mol. The zero-order valence-corrected chi connectivity index (χ0v) is 11.5. The molecule has 1 heterocycles. The van der Waals surface area contributed by atoms with Crippen LogP contribution in [0.25, 0.3) is 0 Å². The standard InChI is InChI=1S/C12H14BrN5/c1-2-15-10-7-11(18-12(14)17-10)16-9-6-4-3-5-8(9)13/h3-7H,2H2,1H3,(H4,14,15,16,17,18). The zero-order valence-electron chi connectivity index (χ0n) is 9.94. The molecule has 1 aromatic carbocycles. The fourth-order valence-electron chi connectivity index (χ4n) is 1.50. The first-order valence-electron chi connectivity index (χ1n) is 5.59. The number of aromatic nitrogens is 2. The Morgan fingerprint density at radius 2 is 1.94 bits per heavy atom. The van der Waals surface area contributed by atoms with Crippen molar-refractivity contribution in [3.8, 4) is 0 Å². The van der Waals surface area contributed by atoms with Crippen molar-refractivity contribution < 1.29 is 0 Å². The van der Waals surface area contributed by atoms with Crippen LogP contribution in [0.15, 0.2) is 34.8 Å². The second kappa shape index (κ2) is 5.68. The minimum atomic E-state index is 0.239. The van der Waals surface area contributed by atoms with Crippen LogP contribution in [0.4, 0.5) is 23.3 Å². The number of benzene rings is 1. The number of hydrogen-bond donors (Lipinski definition) is 3. The second-order valence-electron chi connectivity index (χ2n) is 3.63. The number of nitrogens with two attached hydrogens (primary N) is 1. The molecule has 0 spiro atoms. The Bertz CT molecular complexity index is 544. The fourth-order valence-corrected chi connectivity index (χ4v) is 1.89. The van der Waals surface area contributed by atoms with E-state index in [9.17, 15) is 0 Å². The normalized spacial score (nSPS) is 10.1. The minimum absolute atomic E-state index is 0.239. The molecular weight excluding hydrogens is 294 g/mol. The summed E-state index contributed by atoms with van der Waals surface area (Å²) < 4.78 is 0.965. The number of anilines is 4. The maximum atomic E-state index is 5.67. The van der Waals surface area contributed by atoms with Gasteiger partial charge in [-0.1, -0.05) is 12.1 Å². The summed E-state index contributed by atoms with van der Waals surface area (Å²) in [6, 6.07) is 9.63. The van der Waals surface area contributed by atoms with E-state index in [1.807, 2.05) is 37.3 Å². The van der Waals surface area contributed by atoms with E-state index in [-0.39, 0.29) is 5.95 Å². The highest BCUT2D eigenvalue weighted by Gasteiger charge is 2.04. The van der Waals surface area contributed by atoms with Crippen molar-refractivity contribution in [2.75, 3.05) is 22.9 Å². The van der Waals surface area contributed by atoms with Gasteiger partial charge in [0, 0.05) is 17.1 Å². The molecule has 94 valence electrons. The highest BCUT2D eigenvalue weighted by atomic mass is 79.9. The van der Waals surface area contributed by atoms with Gasteiger partial charge in [-0.05, 0) is 35.0 Å². The van der Waals surface area contributed by atoms with Gasteiger partial charge in [0.25, 0.3) is 0 Å². The second-order valence-corrected chi connectivity index (χ2v) is 4.49. The van der Waals surface area contributed by atoms with Gasteiger partial charge >= 0.3 is 0 Å². The number of para-hydroxylation sites is 1. The molecule has 4 N–H and O–H groups in total. The minimum Gasteiger partial charge on any atom is -0.370 e. The van der Waals surface area contributed by atoms with E-state index in [0.29, 0.717) is 11.6 Å². The van der Waals surface area contributed by atoms with Gasteiger partial charge in [-0.3, -0.25) is 0 Å². The molecule has 0 saturated carbocycles. The molecule has 0 aliphatic rings. The van der Waals surface area contributed by atoms with Crippen LogP contribution in [-0.4, -0.2) is 16.5 Å². The van der Waals surface area contributed by atoms with Crippen LogP contribution in [0.3, 0.4) is 0 Å². The Kier molecular flexibility index (Phi) is 3.99. The predicted octanol–water partition coefficient (Wildman–Crippen LogP) is 3.00. The molecule has 2 aromatic rings. The highest BCUT2D eigenvalue weighted by molar-refractivity contribution is 9.10. The van der Waals surface area contributed by atoms with Crippen LogP contribution < -0.4 is 16.4 Å². The first-order valence-corrected chi connectivity index (χ1v) is 6.38. The summed E-state index contributed by atoms with van der Waals surface area (Å²) in [6.07, 6.45) is 0. The molecule has 0 saturated heterocycles. The first-order chi connectivity index (χ1) is 8.69. The Labute approximate surface area is 114 Å². The summed E-state index contributed by atoms with van der Waals surface area (Å²) >= 11 is 3.47. The number of halogens is 1. The van der Waals surface area contributed by atoms with Crippen molar-refractivity contribution in [1.82, 2.24) is 9.97 Å². The van der Waals surface area contributed by atoms with Gasteiger partial charge in [-0.15, -0.1) is 0 Å². The van der Waals surface area contributed by atoms with Crippen molar-refractivity contribution >= 4 is 39.2 Å². The number of nitrogens with one attached hydrogen (secondary N) is 2. The number of nitrogen functional groups attached to an aromatic ring is 1. The molecular formula is C12H14BrN5. The van der Waals surface area contributed by atoms with E-state index in [1.54, 1.807) is 0 Å². The van der Waals surface area contributed by atoms with Gasteiger partial charge in [0.05, 0.1) is 5.69 Å². The Balaban J connectivity index is 2.26. The third-order valence-electron chi connectivity index (χ3n) is 2.24. The van der Waals surface area contributed by atoms with Crippen LogP contribution in [0, 0.1) is 0 Å². The van der Waals surface area contributed by atoms with E-state index in [1.165, 1.54) is 0 Å². The van der Waals surface area contributed by atoms with E-state index >= 15 is 0 Å². The molecule has 0 atom stereocenters. The van der Waals surface area contributed by atoms with E-state index in [0.717, 1.165) is 16.7 Å². The van der Waals surface area contributed by atoms with Crippen molar-refractivity contribution in [3.05, 3.63) is 34.8 Å². The van der Waals surface area contributed by atoms with Crippen LogP contribution in [0.1, 0.15) is 6.92 Å². The Morgan fingerprint density at radius 3 is 2.67 bits per heavy atom. The van der Waals surface area contributed by atoms with Crippen molar-refractivity contribution in [2.45, 2.75) is 6.92 Å². The van der Waals surface area contributed by atoms with Gasteiger partial charge in [-0.2, -0.15) is 9.97 Å². The summed E-state index contributed by atoms with van der Waals surface area (Å²) in [5.41, 5.74) is 6.60. The van der Waals surface area contributed by atoms with Crippen molar-refractivity contribution in [3.63, 3.8) is 0 Å². The third-order valence-corrected chi connectivity index (χ3v) is 2.93. The van der Waals surface area contributed by atoms with Crippen LogP contribution in [0.2, 0.25) is 0 Å². The molecule has 0 fully saturated rings. The molecule has 0 amide bonds. The average Bonchev–Trinajstić information content (AvgIpc) is 2.32. The highest BCUT2D eigenvalue weighted by Crippen LogP contribution is 2.25. The lowest BCUT2D eigenvalue weighted by molar-refractivity contribution is 1.12. The fraction of sp³-hybridized carbons (Fsp3) is 0.167. The Morgan fingerprint density at radius 1 is 1.22 bits per heavy atom. The largest absolute Gasteiger partial charge is 0.370 e. The lowest BCUT2D eigenvalue weighted by Gasteiger charge is -2.10. The summed E-state index contributed by atoms with van der Waals surface area (Å²) in [7, 11) is 0. The number of hydrogen-bond acceptors (Lipinski definition) is 5. The Hall–Kier alpha value is -1.82. The number of nitrogens with zero attached hydrogens (tertiary/aromatic N) is 2. The molecule has 18 heavy (non-hydrogen) atoms. The average molecular weight is 308 g/mol. The maximum absolute atomic E-state index is 5.67. The van der Waals surface area contributed by atoms with Gasteiger partial charge in [0.1, 0.15) is 11.6 Å². The SMILES string of the molecule is CCNc1cc(Nc2ccccc2Br)nc(N)n1. The molecule has 5 nitrogen and oxygen atoms in total. The van der Waals surface area contributed by atoms with Gasteiger partial charge in [-0.25, -0.2) is 0 Å². The lowest BCUT2D eigenvalue weighted by atomic mass is 10.3. The van der Waals surface area contributed by atoms with Gasteiger partial charge in [0.15, 0.2) is 0 Å². The molecule has 0 bridgehead atoms. The first kappa shape index (κ1) is 12.6. The molecule has 0 radical (unpaired) electrons. The lowest BCUT2D eigenvalue weighted by Crippen LogP contribution is -2.05. The van der Waals surface area contributed by atoms with Gasteiger partial charge < -0.3 is 16.4 Å². The summed E-state index contributed by atoms with van der Waals surface area (Å²) in [5.74, 6) is 1.60. The molecule has 6 heteroatoms. The van der Waals surface area contributed by atoms with E-state index < -0.39 is 0 Å². The van der Waals surface area contributed by atoms with Crippen molar-refractivity contribution in [2.24, 2.45) is 0 Å². The van der Waals surface area contributed by atoms with E-state index in [2.05, 4.69) is 36.5 Å². The van der Waals surface area contributed by atoms with Crippen LogP contribution in [0.5, 0.6) is 0 Å². The zero-order chi connectivity index (χ0) is 13.0. The summed E-state index contributed by atoms with van der Waals surface area (Å²) in [4.78, 5) is 8.24. The van der Waals surface area contributed by atoms with E-state index in [4.69, 9.17) is 5.73 Å². The van der Waals surface area contributed by atoms with Gasteiger partial charge in [0.2, 0.25) is 5.95 Å². The molecule has 1 aromatic heterocycles. The summed E-state index contributed by atoms with van der Waals surface area (Å²) in [6.45, 7) is 2.78. The third kappa shape index (κ3) is 3.10. The quantitative estimate of drug-likeness (QED) is 0.809. The summed E-state index contributed by atoms with van der Waals surface area (Å²) in [5, 5.41) is 6.30. The maximum Gasteiger partial charge on any atom is 0.223 e.